The molecule has 0 atom stereocenters. The van der Waals surface area contributed by atoms with Gasteiger partial charge in [0.15, 0.2) is 11.6 Å². The van der Waals surface area contributed by atoms with Crippen molar-refractivity contribution >= 4 is 16.7 Å². The molecular weight excluding hydrogens is 500 g/mol. The highest BCUT2D eigenvalue weighted by molar-refractivity contribution is 6.02. The highest BCUT2D eigenvalue weighted by Gasteiger charge is 2.22. The number of ketones is 1. The summed E-state index contributed by atoms with van der Waals surface area (Å²) in [5, 5.41) is 4.89. The summed E-state index contributed by atoms with van der Waals surface area (Å²) in [7, 11) is 7.08. The van der Waals surface area contributed by atoms with E-state index in [-0.39, 0.29) is 35.0 Å². The number of Topliss-reactive ketones (excluding diaryl/α,β-unsaturated/α-hetero) is 1. The third kappa shape index (κ3) is 5.13. The van der Waals surface area contributed by atoms with Crippen molar-refractivity contribution in [3.8, 4) is 28.3 Å². The predicted molar refractivity (Wildman–Crippen MR) is 146 cm³/mol. The number of aryl methyl sites for hydroxylation is 1. The summed E-state index contributed by atoms with van der Waals surface area (Å²) < 4.78 is 36.7. The normalized spacial score (nSPS) is 11.4. The zero-order valence-corrected chi connectivity index (χ0v) is 22.1. The van der Waals surface area contributed by atoms with E-state index in [1.165, 1.54) is 42.3 Å². The summed E-state index contributed by atoms with van der Waals surface area (Å²) in [4.78, 5) is 24.1. The lowest BCUT2D eigenvalue weighted by molar-refractivity contribution is 0.0988. The number of methoxy groups -OCH3 is 1. The van der Waals surface area contributed by atoms with Crippen LogP contribution in [0.1, 0.15) is 21.6 Å². The fourth-order valence-electron chi connectivity index (χ4n) is 4.83. The maximum atomic E-state index is 15.3. The standard InChI is InChI=1S/C30H27F2N5O2/c1-36(2)17-18-7-5-8-19(13-18)27-20(14-23(32)29-21(27)16-34-37(29)3)15-25(38)24-11-12-33-30(35-24)28-22(31)9-6-10-26(28)39-4/h5-14,16H,15,17H2,1-4H3. The van der Waals surface area contributed by atoms with Crippen LogP contribution in [-0.2, 0) is 20.0 Å². The Morgan fingerprint density at radius 1 is 1.03 bits per heavy atom. The Morgan fingerprint density at radius 3 is 2.59 bits per heavy atom. The molecule has 198 valence electrons. The third-order valence-corrected chi connectivity index (χ3v) is 6.48. The van der Waals surface area contributed by atoms with Crippen LogP contribution in [0.4, 0.5) is 8.78 Å². The molecule has 0 saturated heterocycles. The number of carbonyl (C=O) groups is 1. The summed E-state index contributed by atoms with van der Waals surface area (Å²) in [5.74, 6) is -1.12. The second-order valence-corrected chi connectivity index (χ2v) is 9.54. The molecule has 0 bridgehead atoms. The van der Waals surface area contributed by atoms with Crippen molar-refractivity contribution in [2.45, 2.75) is 13.0 Å². The number of ether oxygens (including phenoxy) is 1. The van der Waals surface area contributed by atoms with Gasteiger partial charge in [-0.3, -0.25) is 9.48 Å². The van der Waals surface area contributed by atoms with Gasteiger partial charge in [-0.25, -0.2) is 18.7 Å². The first-order valence-corrected chi connectivity index (χ1v) is 12.3. The van der Waals surface area contributed by atoms with Crippen LogP contribution in [0.3, 0.4) is 0 Å². The van der Waals surface area contributed by atoms with Crippen LogP contribution < -0.4 is 4.74 Å². The SMILES string of the molecule is COc1cccc(F)c1-c1nccc(C(=O)Cc2cc(F)c3c(cnn3C)c2-c2cccc(CN(C)C)c2)n1. The Balaban J connectivity index is 1.59. The van der Waals surface area contributed by atoms with E-state index < -0.39 is 11.6 Å². The zero-order valence-electron chi connectivity index (χ0n) is 22.1. The summed E-state index contributed by atoms with van der Waals surface area (Å²) in [6.45, 7) is 0.725. The maximum Gasteiger partial charge on any atom is 0.185 e. The van der Waals surface area contributed by atoms with Gasteiger partial charge in [0.2, 0.25) is 0 Å². The molecule has 0 spiro atoms. The van der Waals surface area contributed by atoms with Crippen molar-refractivity contribution in [1.82, 2.24) is 24.6 Å². The van der Waals surface area contributed by atoms with Crippen LogP contribution in [-0.4, -0.2) is 51.6 Å². The Morgan fingerprint density at radius 2 is 1.82 bits per heavy atom. The van der Waals surface area contributed by atoms with Gasteiger partial charge < -0.3 is 9.64 Å². The van der Waals surface area contributed by atoms with Crippen molar-refractivity contribution in [2.24, 2.45) is 7.05 Å². The minimum atomic E-state index is -0.567. The van der Waals surface area contributed by atoms with E-state index in [0.29, 0.717) is 16.5 Å². The molecule has 2 aromatic heterocycles. The lowest BCUT2D eigenvalue weighted by Crippen LogP contribution is -2.11. The van der Waals surface area contributed by atoms with Gasteiger partial charge in [0, 0.05) is 31.6 Å². The van der Waals surface area contributed by atoms with E-state index >= 15 is 4.39 Å². The fourth-order valence-corrected chi connectivity index (χ4v) is 4.83. The van der Waals surface area contributed by atoms with E-state index in [4.69, 9.17) is 4.74 Å². The number of carbonyl (C=O) groups excluding carboxylic acids is 1. The molecule has 0 fully saturated rings. The molecule has 0 N–H and O–H groups in total. The van der Waals surface area contributed by atoms with Crippen LogP contribution >= 0.6 is 0 Å². The van der Waals surface area contributed by atoms with Gasteiger partial charge in [-0.2, -0.15) is 5.10 Å². The number of rotatable bonds is 8. The van der Waals surface area contributed by atoms with E-state index in [1.54, 1.807) is 19.3 Å². The molecule has 3 aromatic carbocycles. The minimum absolute atomic E-state index is 0.0290. The average Bonchev–Trinajstić information content (AvgIpc) is 3.30. The second-order valence-electron chi connectivity index (χ2n) is 9.54. The maximum absolute atomic E-state index is 15.3. The zero-order chi connectivity index (χ0) is 27.7. The highest BCUT2D eigenvalue weighted by atomic mass is 19.1. The quantitative estimate of drug-likeness (QED) is 0.249. The van der Waals surface area contributed by atoms with E-state index in [1.807, 2.05) is 38.4 Å². The predicted octanol–water partition coefficient (Wildman–Crippen LogP) is 5.47. The Hall–Kier alpha value is -4.50. The van der Waals surface area contributed by atoms with Crippen molar-refractivity contribution in [1.29, 1.82) is 0 Å². The van der Waals surface area contributed by atoms with Crippen LogP contribution in [0.2, 0.25) is 0 Å². The van der Waals surface area contributed by atoms with Gasteiger partial charge in [0.1, 0.15) is 28.6 Å². The number of benzene rings is 3. The van der Waals surface area contributed by atoms with E-state index in [9.17, 15) is 9.18 Å². The molecule has 39 heavy (non-hydrogen) atoms. The Labute approximate surface area is 224 Å². The smallest absolute Gasteiger partial charge is 0.185 e. The van der Waals surface area contributed by atoms with Gasteiger partial charge >= 0.3 is 0 Å². The van der Waals surface area contributed by atoms with Gasteiger partial charge in [0.25, 0.3) is 0 Å². The summed E-state index contributed by atoms with van der Waals surface area (Å²) in [5.41, 5.74) is 3.68. The number of fused-ring (bicyclic) bond motifs is 1. The van der Waals surface area contributed by atoms with Gasteiger partial charge in [-0.15, -0.1) is 0 Å². The van der Waals surface area contributed by atoms with E-state index in [0.717, 1.165) is 23.2 Å². The molecule has 0 aliphatic carbocycles. The molecule has 0 aliphatic rings. The number of hydrogen-bond donors (Lipinski definition) is 0. The molecular formula is C30H27F2N5O2. The molecule has 9 heteroatoms. The highest BCUT2D eigenvalue weighted by Crippen LogP contribution is 2.35. The van der Waals surface area contributed by atoms with E-state index in [2.05, 4.69) is 20.0 Å². The number of hydrogen-bond acceptors (Lipinski definition) is 6. The average molecular weight is 528 g/mol. The van der Waals surface area contributed by atoms with Crippen molar-refractivity contribution in [2.75, 3.05) is 21.2 Å². The second kappa shape index (κ2) is 10.7. The summed E-state index contributed by atoms with van der Waals surface area (Å²) >= 11 is 0. The molecule has 0 saturated carbocycles. The molecule has 0 unspecified atom stereocenters. The molecule has 0 aliphatic heterocycles. The number of nitrogens with zero attached hydrogens (tertiary/aromatic N) is 5. The van der Waals surface area contributed by atoms with Crippen molar-refractivity contribution in [3.05, 3.63) is 95.4 Å². The number of aromatic nitrogens is 4. The molecule has 2 heterocycles. The lowest BCUT2D eigenvalue weighted by atomic mass is 9.91. The third-order valence-electron chi connectivity index (χ3n) is 6.48. The van der Waals surface area contributed by atoms with Crippen LogP contribution in [0, 0.1) is 11.6 Å². The minimum Gasteiger partial charge on any atom is -0.496 e. The Bertz CT molecular complexity index is 1700. The van der Waals surface area contributed by atoms with Crippen LogP contribution in [0.25, 0.3) is 33.4 Å². The molecule has 5 rings (SSSR count). The first-order chi connectivity index (χ1) is 18.8. The number of halogens is 2. The van der Waals surface area contributed by atoms with Gasteiger partial charge in [0.05, 0.1) is 18.9 Å². The molecule has 7 nitrogen and oxygen atoms in total. The molecule has 5 aromatic rings. The van der Waals surface area contributed by atoms with Crippen LogP contribution in [0.15, 0.2) is 67.0 Å². The topological polar surface area (TPSA) is 73.1 Å². The lowest BCUT2D eigenvalue weighted by Gasteiger charge is -2.15. The Kier molecular flexibility index (Phi) is 7.17. The fraction of sp³-hybridized carbons (Fsp3) is 0.200. The molecule has 0 amide bonds. The first kappa shape index (κ1) is 26.1. The summed E-state index contributed by atoms with van der Waals surface area (Å²) in [6, 6.07) is 15.2. The molecule has 0 radical (unpaired) electrons. The monoisotopic (exact) mass is 527 g/mol. The summed E-state index contributed by atoms with van der Waals surface area (Å²) in [6.07, 6.45) is 2.89. The first-order valence-electron chi connectivity index (χ1n) is 12.3. The largest absolute Gasteiger partial charge is 0.496 e. The van der Waals surface area contributed by atoms with Crippen molar-refractivity contribution in [3.63, 3.8) is 0 Å². The van der Waals surface area contributed by atoms with Crippen molar-refractivity contribution < 1.29 is 18.3 Å². The van der Waals surface area contributed by atoms with Gasteiger partial charge in [-0.05, 0) is 66.7 Å². The van der Waals surface area contributed by atoms with Gasteiger partial charge in [-0.1, -0.05) is 24.3 Å². The van der Waals surface area contributed by atoms with Crippen LogP contribution in [0.5, 0.6) is 5.75 Å².